The van der Waals surface area contributed by atoms with Crippen LogP contribution < -0.4 is 5.32 Å². The Morgan fingerprint density at radius 2 is 2.10 bits per heavy atom. The molecule has 1 amide bonds. The number of carbonyl (C=O) groups excluding carboxylic acids is 1. The van der Waals surface area contributed by atoms with Crippen molar-refractivity contribution in [2.24, 2.45) is 11.8 Å². The van der Waals surface area contributed by atoms with Crippen molar-refractivity contribution in [3.05, 3.63) is 17.5 Å². The van der Waals surface area contributed by atoms with Crippen molar-refractivity contribution in [3.8, 4) is 0 Å². The van der Waals surface area contributed by atoms with E-state index >= 15 is 0 Å². The Morgan fingerprint density at radius 3 is 2.75 bits per heavy atom. The quantitative estimate of drug-likeness (QED) is 0.910. The highest BCUT2D eigenvalue weighted by atomic mass is 35.5. The third-order valence-electron chi connectivity index (χ3n) is 3.36. The monoisotopic (exact) mass is 307 g/mol. The molecule has 1 aliphatic carbocycles. The van der Waals surface area contributed by atoms with Gasteiger partial charge >= 0.3 is 6.18 Å². The highest BCUT2D eigenvalue weighted by Gasteiger charge is 2.43. The van der Waals surface area contributed by atoms with Gasteiger partial charge in [0.05, 0.1) is 18.3 Å². The fourth-order valence-electron chi connectivity index (χ4n) is 2.36. The second-order valence-corrected chi connectivity index (χ2v) is 5.21. The molecule has 4 nitrogen and oxygen atoms in total. The second-order valence-electron chi connectivity index (χ2n) is 4.82. The van der Waals surface area contributed by atoms with E-state index in [1.54, 1.807) is 0 Å². The predicted molar refractivity (Wildman–Crippen MR) is 67.2 cm³/mol. The number of nitrogens with one attached hydrogen (secondary N) is 1. The van der Waals surface area contributed by atoms with Crippen LogP contribution in [-0.2, 0) is 4.79 Å². The molecule has 1 aliphatic rings. The standard InChI is InChI=1S/C12H13ClF3N3O/c13-9-5-17-6-10(18-9)19-11(20)7-2-1-3-8(4-7)12(14,15)16/h5-8H,1-4H2,(H,18,19,20). The van der Waals surface area contributed by atoms with Gasteiger partial charge in [0.1, 0.15) is 5.15 Å². The van der Waals surface area contributed by atoms with Gasteiger partial charge in [-0.05, 0) is 19.3 Å². The van der Waals surface area contributed by atoms with E-state index in [1.807, 2.05) is 0 Å². The molecule has 2 atom stereocenters. The summed E-state index contributed by atoms with van der Waals surface area (Å²) >= 11 is 5.62. The zero-order valence-corrected chi connectivity index (χ0v) is 11.2. The van der Waals surface area contributed by atoms with E-state index in [-0.39, 0.29) is 23.8 Å². The lowest BCUT2D eigenvalue weighted by Gasteiger charge is -2.29. The molecule has 0 bridgehead atoms. The molecular formula is C12H13ClF3N3O. The van der Waals surface area contributed by atoms with Crippen LogP contribution in [0.15, 0.2) is 12.4 Å². The molecule has 0 saturated heterocycles. The number of hydrogen-bond acceptors (Lipinski definition) is 3. The molecule has 1 N–H and O–H groups in total. The van der Waals surface area contributed by atoms with Crippen molar-refractivity contribution in [3.63, 3.8) is 0 Å². The van der Waals surface area contributed by atoms with E-state index < -0.39 is 23.9 Å². The number of carbonyl (C=O) groups is 1. The zero-order chi connectivity index (χ0) is 14.8. The fourth-order valence-corrected chi connectivity index (χ4v) is 2.50. The summed E-state index contributed by atoms with van der Waals surface area (Å²) in [6, 6.07) is 0. The van der Waals surface area contributed by atoms with Crippen molar-refractivity contribution in [1.82, 2.24) is 9.97 Å². The summed E-state index contributed by atoms with van der Waals surface area (Å²) in [5, 5.41) is 2.57. The largest absolute Gasteiger partial charge is 0.391 e. The van der Waals surface area contributed by atoms with Gasteiger partial charge in [-0.1, -0.05) is 18.0 Å². The Kier molecular flexibility index (Phi) is 4.47. The van der Waals surface area contributed by atoms with Gasteiger partial charge in [0.2, 0.25) is 5.91 Å². The number of alkyl halides is 3. The van der Waals surface area contributed by atoms with Crippen LogP contribution in [0.4, 0.5) is 19.0 Å². The van der Waals surface area contributed by atoms with Crippen LogP contribution in [0.1, 0.15) is 25.7 Å². The molecule has 0 aromatic carbocycles. The van der Waals surface area contributed by atoms with Crippen molar-refractivity contribution in [2.45, 2.75) is 31.9 Å². The van der Waals surface area contributed by atoms with Crippen molar-refractivity contribution < 1.29 is 18.0 Å². The lowest BCUT2D eigenvalue weighted by atomic mass is 9.80. The van der Waals surface area contributed by atoms with Gasteiger partial charge in [0, 0.05) is 5.92 Å². The Hall–Kier alpha value is -1.37. The normalized spacial score (nSPS) is 23.4. The van der Waals surface area contributed by atoms with Gasteiger partial charge in [-0.2, -0.15) is 13.2 Å². The Morgan fingerprint density at radius 1 is 1.35 bits per heavy atom. The van der Waals surface area contributed by atoms with Crippen LogP contribution in [-0.4, -0.2) is 22.1 Å². The second kappa shape index (κ2) is 5.95. The predicted octanol–water partition coefficient (Wildman–Crippen LogP) is 3.44. The van der Waals surface area contributed by atoms with E-state index in [4.69, 9.17) is 11.6 Å². The summed E-state index contributed by atoms with van der Waals surface area (Å²) in [6.45, 7) is 0. The van der Waals surface area contributed by atoms with Crippen molar-refractivity contribution in [1.29, 1.82) is 0 Å². The molecule has 1 aromatic heterocycles. The molecule has 1 fully saturated rings. The van der Waals surface area contributed by atoms with Crippen LogP contribution in [0.2, 0.25) is 5.15 Å². The van der Waals surface area contributed by atoms with Gasteiger partial charge in [0.15, 0.2) is 5.82 Å². The molecule has 2 unspecified atom stereocenters. The highest BCUT2D eigenvalue weighted by Crippen LogP contribution is 2.40. The van der Waals surface area contributed by atoms with Gasteiger partial charge < -0.3 is 5.32 Å². The number of nitrogens with zero attached hydrogens (tertiary/aromatic N) is 2. The third-order valence-corrected chi connectivity index (χ3v) is 3.55. The topological polar surface area (TPSA) is 54.9 Å². The maximum Gasteiger partial charge on any atom is 0.391 e. The van der Waals surface area contributed by atoms with Crippen LogP contribution in [0.3, 0.4) is 0 Å². The molecule has 2 rings (SSSR count). The molecule has 20 heavy (non-hydrogen) atoms. The Balaban J connectivity index is 1.99. The molecule has 0 spiro atoms. The fraction of sp³-hybridized carbons (Fsp3) is 0.583. The number of anilines is 1. The first-order valence-electron chi connectivity index (χ1n) is 6.21. The molecule has 1 saturated carbocycles. The smallest absolute Gasteiger partial charge is 0.309 e. The van der Waals surface area contributed by atoms with Crippen LogP contribution in [0.25, 0.3) is 0 Å². The minimum absolute atomic E-state index is 0.0876. The van der Waals surface area contributed by atoms with E-state index in [1.165, 1.54) is 12.4 Å². The zero-order valence-electron chi connectivity index (χ0n) is 10.5. The van der Waals surface area contributed by atoms with Crippen molar-refractivity contribution in [2.75, 3.05) is 5.32 Å². The third kappa shape index (κ3) is 3.82. The average molecular weight is 308 g/mol. The van der Waals surface area contributed by atoms with Crippen molar-refractivity contribution >= 4 is 23.3 Å². The number of aromatic nitrogens is 2. The van der Waals surface area contributed by atoms with E-state index in [0.717, 1.165) is 0 Å². The Labute approximate surface area is 118 Å². The highest BCUT2D eigenvalue weighted by molar-refractivity contribution is 6.29. The Bertz CT molecular complexity index is 495. The van der Waals surface area contributed by atoms with E-state index in [0.29, 0.717) is 12.8 Å². The molecular weight excluding hydrogens is 295 g/mol. The van der Waals surface area contributed by atoms with E-state index in [2.05, 4.69) is 15.3 Å². The SMILES string of the molecule is O=C(Nc1cncc(Cl)n1)C1CCCC(C(F)(F)F)C1. The molecule has 110 valence electrons. The number of amides is 1. The summed E-state index contributed by atoms with van der Waals surface area (Å²) in [4.78, 5) is 19.5. The first-order chi connectivity index (χ1) is 9.36. The lowest BCUT2D eigenvalue weighted by molar-refractivity contribution is -0.185. The molecule has 0 aliphatic heterocycles. The maximum absolute atomic E-state index is 12.7. The maximum atomic E-state index is 12.7. The molecule has 0 radical (unpaired) electrons. The first-order valence-corrected chi connectivity index (χ1v) is 6.59. The first kappa shape index (κ1) is 15.0. The summed E-state index contributed by atoms with van der Waals surface area (Å²) < 4.78 is 38.1. The van der Waals surface area contributed by atoms with Gasteiger partial charge in [-0.15, -0.1) is 0 Å². The summed E-state index contributed by atoms with van der Waals surface area (Å²) in [7, 11) is 0. The average Bonchev–Trinajstić information content (AvgIpc) is 2.38. The number of hydrogen-bond donors (Lipinski definition) is 1. The van der Waals surface area contributed by atoms with Crippen LogP contribution in [0.5, 0.6) is 0 Å². The van der Waals surface area contributed by atoms with Gasteiger partial charge in [0.25, 0.3) is 0 Å². The molecule has 8 heteroatoms. The summed E-state index contributed by atoms with van der Waals surface area (Å²) in [6.07, 6.45) is -0.885. The van der Waals surface area contributed by atoms with Crippen LogP contribution in [0, 0.1) is 11.8 Å². The molecule has 1 heterocycles. The lowest BCUT2D eigenvalue weighted by Crippen LogP contribution is -2.34. The summed E-state index contributed by atoms with van der Waals surface area (Å²) in [5.74, 6) is -2.37. The van der Waals surface area contributed by atoms with Gasteiger partial charge in [-0.3, -0.25) is 9.78 Å². The minimum Gasteiger partial charge on any atom is -0.309 e. The van der Waals surface area contributed by atoms with E-state index in [9.17, 15) is 18.0 Å². The summed E-state index contributed by atoms with van der Waals surface area (Å²) in [5.41, 5.74) is 0. The van der Waals surface area contributed by atoms with Gasteiger partial charge in [-0.25, -0.2) is 4.98 Å². The molecule has 1 aromatic rings. The van der Waals surface area contributed by atoms with Crippen LogP contribution >= 0.6 is 11.6 Å². The number of rotatable bonds is 2. The number of halogens is 4. The minimum atomic E-state index is -4.24.